The Bertz CT molecular complexity index is 1710. The van der Waals surface area contributed by atoms with Crippen molar-refractivity contribution >= 4 is 43.7 Å². The van der Waals surface area contributed by atoms with Crippen LogP contribution in [0.5, 0.6) is 0 Å². The molecule has 3 N–H and O–H groups in total. The zero-order valence-corrected chi connectivity index (χ0v) is 26.3. The molecule has 5 rings (SSSR count). The first-order chi connectivity index (χ1) is 20.5. The van der Waals surface area contributed by atoms with Crippen molar-refractivity contribution in [1.82, 2.24) is 24.2 Å². The Morgan fingerprint density at radius 3 is 2.56 bits per heavy atom. The third-order valence-electron chi connectivity index (χ3n) is 8.16. The monoisotopic (exact) mass is 606 g/mol. The molecule has 1 fully saturated rings. The summed E-state index contributed by atoms with van der Waals surface area (Å²) in [6.45, 7) is 8.28. The highest BCUT2D eigenvalue weighted by atomic mass is 32.2. The lowest BCUT2D eigenvalue weighted by molar-refractivity contribution is -0.124. The van der Waals surface area contributed by atoms with Gasteiger partial charge in [0.05, 0.1) is 22.5 Å². The van der Waals surface area contributed by atoms with Gasteiger partial charge in [-0.3, -0.25) is 4.79 Å². The molecule has 2 aromatic carbocycles. The number of nitrogen functional groups attached to an aromatic ring is 1. The second kappa shape index (κ2) is 12.6. The smallest absolute Gasteiger partial charge is 0.243 e. The van der Waals surface area contributed by atoms with E-state index in [1.807, 2.05) is 36.4 Å². The number of imidazole rings is 1. The Morgan fingerprint density at radius 1 is 1.09 bits per heavy atom. The first kappa shape index (κ1) is 30.9. The van der Waals surface area contributed by atoms with Crippen LogP contribution in [-0.2, 0) is 37.9 Å². The zero-order valence-electron chi connectivity index (χ0n) is 25.5. The van der Waals surface area contributed by atoms with Crippen LogP contribution in [0.2, 0.25) is 0 Å². The molecule has 0 unspecified atom stereocenters. The number of fused-ring (bicyclic) bond motifs is 3. The molecule has 0 radical (unpaired) electrons. The molecule has 0 aliphatic carbocycles. The summed E-state index contributed by atoms with van der Waals surface area (Å²) in [4.78, 5) is 22.8. The third-order valence-corrected chi connectivity index (χ3v) is 10.1. The van der Waals surface area contributed by atoms with Crippen molar-refractivity contribution < 1.29 is 17.9 Å². The number of carbonyl (C=O) groups is 1. The fraction of sp³-hybridized carbons (Fsp3) is 0.469. The van der Waals surface area contributed by atoms with Crippen LogP contribution in [0.25, 0.3) is 21.9 Å². The van der Waals surface area contributed by atoms with Gasteiger partial charge < -0.3 is 20.4 Å². The van der Waals surface area contributed by atoms with E-state index in [0.717, 1.165) is 40.6 Å². The number of sulfonamides is 1. The molecule has 0 spiro atoms. The van der Waals surface area contributed by atoms with Crippen molar-refractivity contribution in [2.75, 3.05) is 32.5 Å². The summed E-state index contributed by atoms with van der Waals surface area (Å²) in [7, 11) is -2.11. The average molecular weight is 607 g/mol. The summed E-state index contributed by atoms with van der Waals surface area (Å²) < 4.78 is 35.8. The van der Waals surface area contributed by atoms with Crippen LogP contribution >= 0.6 is 0 Å². The number of anilines is 1. The predicted octanol–water partition coefficient (Wildman–Crippen LogP) is 4.40. The Kier molecular flexibility index (Phi) is 9.05. The number of unbranched alkanes of at least 4 members (excludes halogenated alkanes) is 1. The minimum Gasteiger partial charge on any atom is -0.384 e. The summed E-state index contributed by atoms with van der Waals surface area (Å²) in [5.74, 6) is 1.04. The van der Waals surface area contributed by atoms with Gasteiger partial charge in [0, 0.05) is 38.6 Å². The van der Waals surface area contributed by atoms with E-state index in [0.29, 0.717) is 56.8 Å². The van der Waals surface area contributed by atoms with E-state index in [9.17, 15) is 13.2 Å². The van der Waals surface area contributed by atoms with Crippen LogP contribution in [0.4, 0.5) is 5.82 Å². The molecule has 1 amide bonds. The van der Waals surface area contributed by atoms with Gasteiger partial charge in [-0.25, -0.2) is 18.4 Å². The van der Waals surface area contributed by atoms with Crippen molar-refractivity contribution in [2.24, 2.45) is 0 Å². The minimum absolute atomic E-state index is 0.0762. The highest BCUT2D eigenvalue weighted by Gasteiger charge is 2.39. The van der Waals surface area contributed by atoms with Crippen molar-refractivity contribution in [3.05, 3.63) is 59.9 Å². The quantitative estimate of drug-likeness (QED) is 0.242. The molecule has 11 heteroatoms. The molecule has 230 valence electrons. The standard InChI is InChI=1S/C32H42N6O4S/c1-32(2,3)22-13-15-23(16-14-22)43(40,41)38-20-9-12-26(38)31(39)34-18-7-8-19-37-27(17-21-42-4)36-28-29(37)24-10-5-6-11-25(24)35-30(28)33/h5-6,10-11,13-16,26H,7-9,12,17-21H2,1-4H3,(H2,33,35)(H,34,39)/t26-/m0/s1. The fourth-order valence-electron chi connectivity index (χ4n) is 5.81. The summed E-state index contributed by atoms with van der Waals surface area (Å²) in [6.07, 6.45) is 3.32. The summed E-state index contributed by atoms with van der Waals surface area (Å²) >= 11 is 0. The number of amides is 1. The summed E-state index contributed by atoms with van der Waals surface area (Å²) in [5.41, 5.74) is 9.74. The largest absolute Gasteiger partial charge is 0.384 e. The number of nitrogens with two attached hydrogens (primary N) is 1. The van der Waals surface area contributed by atoms with Crippen LogP contribution in [0, 0.1) is 0 Å². The topological polar surface area (TPSA) is 132 Å². The lowest BCUT2D eigenvalue weighted by Crippen LogP contribution is -2.46. The van der Waals surface area contributed by atoms with E-state index in [2.05, 4.69) is 35.6 Å². The van der Waals surface area contributed by atoms with Crippen molar-refractivity contribution in [3.8, 4) is 0 Å². The maximum Gasteiger partial charge on any atom is 0.243 e. The van der Waals surface area contributed by atoms with E-state index >= 15 is 0 Å². The van der Waals surface area contributed by atoms with Crippen LogP contribution < -0.4 is 11.1 Å². The first-order valence-corrected chi connectivity index (χ1v) is 16.4. The molecule has 2 aromatic heterocycles. The minimum atomic E-state index is -3.78. The number of benzene rings is 2. The molecule has 3 heterocycles. The maximum atomic E-state index is 13.5. The average Bonchev–Trinajstić information content (AvgIpc) is 3.62. The van der Waals surface area contributed by atoms with Crippen LogP contribution in [0.1, 0.15) is 57.8 Å². The van der Waals surface area contributed by atoms with Gasteiger partial charge in [0.2, 0.25) is 15.9 Å². The number of methoxy groups -OCH3 is 1. The van der Waals surface area contributed by atoms with Gasteiger partial charge in [-0.1, -0.05) is 51.1 Å². The van der Waals surface area contributed by atoms with E-state index in [-0.39, 0.29) is 16.2 Å². The van der Waals surface area contributed by atoms with E-state index in [1.54, 1.807) is 19.2 Å². The maximum absolute atomic E-state index is 13.5. The Hall–Kier alpha value is -3.54. The number of nitrogens with one attached hydrogen (secondary N) is 1. The van der Waals surface area contributed by atoms with Crippen LogP contribution in [0.15, 0.2) is 53.4 Å². The molecule has 10 nitrogen and oxygen atoms in total. The molecule has 0 saturated carbocycles. The Morgan fingerprint density at radius 2 is 1.84 bits per heavy atom. The van der Waals surface area contributed by atoms with Gasteiger partial charge in [-0.15, -0.1) is 0 Å². The molecule has 0 bridgehead atoms. The number of pyridine rings is 1. The number of para-hydroxylation sites is 1. The van der Waals surface area contributed by atoms with Gasteiger partial charge in [-0.05, 0) is 54.9 Å². The third kappa shape index (κ3) is 6.39. The number of ether oxygens (including phenoxy) is 1. The van der Waals surface area contributed by atoms with E-state index in [1.165, 1.54) is 4.31 Å². The van der Waals surface area contributed by atoms with E-state index < -0.39 is 16.1 Å². The molecular weight excluding hydrogens is 564 g/mol. The first-order valence-electron chi connectivity index (χ1n) is 14.9. The number of aromatic nitrogens is 3. The highest BCUT2D eigenvalue weighted by molar-refractivity contribution is 7.89. The Labute approximate surface area is 253 Å². The molecule has 1 aliphatic rings. The van der Waals surface area contributed by atoms with Crippen molar-refractivity contribution in [1.29, 1.82) is 0 Å². The van der Waals surface area contributed by atoms with Gasteiger partial charge in [0.15, 0.2) is 5.82 Å². The molecule has 1 atom stereocenters. The number of rotatable bonds is 11. The lowest BCUT2D eigenvalue weighted by Gasteiger charge is -2.24. The summed E-state index contributed by atoms with van der Waals surface area (Å²) in [6, 6.07) is 14.2. The SMILES string of the molecule is COCCc1nc2c(N)nc3ccccc3c2n1CCCCNC(=O)[C@@H]1CCCN1S(=O)(=O)c1ccc(C(C)(C)C)cc1. The number of carbonyl (C=O) groups excluding carboxylic acids is 1. The molecule has 1 aliphatic heterocycles. The fourth-order valence-corrected chi connectivity index (χ4v) is 7.46. The zero-order chi connectivity index (χ0) is 30.8. The molecule has 1 saturated heterocycles. The van der Waals surface area contributed by atoms with Gasteiger partial charge in [-0.2, -0.15) is 4.31 Å². The van der Waals surface area contributed by atoms with Crippen molar-refractivity contribution in [3.63, 3.8) is 0 Å². The lowest BCUT2D eigenvalue weighted by atomic mass is 9.87. The number of nitrogens with zero attached hydrogens (tertiary/aromatic N) is 4. The van der Waals surface area contributed by atoms with Gasteiger partial charge >= 0.3 is 0 Å². The van der Waals surface area contributed by atoms with Crippen LogP contribution in [0.3, 0.4) is 0 Å². The predicted molar refractivity (Wildman–Crippen MR) is 169 cm³/mol. The highest BCUT2D eigenvalue weighted by Crippen LogP contribution is 2.30. The molecule has 43 heavy (non-hydrogen) atoms. The number of hydrogen-bond donors (Lipinski definition) is 2. The van der Waals surface area contributed by atoms with Gasteiger partial charge in [0.1, 0.15) is 17.4 Å². The van der Waals surface area contributed by atoms with E-state index in [4.69, 9.17) is 15.5 Å². The Balaban J connectivity index is 1.23. The second-order valence-corrected chi connectivity index (χ2v) is 14.1. The molecular formula is C32H42N6O4S. The summed E-state index contributed by atoms with van der Waals surface area (Å²) in [5, 5.41) is 3.98. The van der Waals surface area contributed by atoms with Crippen LogP contribution in [-0.4, -0.2) is 66.0 Å². The normalized spacial score (nSPS) is 16.3. The van der Waals surface area contributed by atoms with Crippen molar-refractivity contribution in [2.45, 2.75) is 75.8 Å². The molecule has 4 aromatic rings. The van der Waals surface area contributed by atoms with Gasteiger partial charge in [0.25, 0.3) is 0 Å². The number of hydrogen-bond acceptors (Lipinski definition) is 7. The second-order valence-electron chi connectivity index (χ2n) is 12.2. The number of aryl methyl sites for hydroxylation is 1.